The normalized spacial score (nSPS) is 9.86. The summed E-state index contributed by atoms with van der Waals surface area (Å²) in [5.74, 6) is 0.769. The second-order valence-corrected chi connectivity index (χ2v) is 3.87. The average molecular weight is 227 g/mol. The molecule has 0 saturated carbocycles. The van der Waals surface area contributed by atoms with Crippen LogP contribution in [0.1, 0.15) is 0 Å². The summed E-state index contributed by atoms with van der Waals surface area (Å²) in [6, 6.07) is 0. The Morgan fingerprint density at radius 3 is 1.71 bits per heavy atom. The highest BCUT2D eigenvalue weighted by Gasteiger charge is 2.00. The van der Waals surface area contributed by atoms with E-state index in [2.05, 4.69) is 4.18 Å². The van der Waals surface area contributed by atoms with Crippen molar-refractivity contribution < 1.29 is 21.7 Å². The van der Waals surface area contributed by atoms with Gasteiger partial charge in [0.25, 0.3) is 0 Å². The highest BCUT2D eigenvalue weighted by molar-refractivity contribution is 7.80. The predicted octanol–water partition coefficient (Wildman–Crippen LogP) is -1.77. The van der Waals surface area contributed by atoms with Gasteiger partial charge in [0.2, 0.25) is 10.4 Å². The largest absolute Gasteiger partial charge is 0.726 e. The van der Waals surface area contributed by atoms with E-state index in [1.807, 2.05) is 37.7 Å². The molecule has 0 atom stereocenters. The predicted molar refractivity (Wildman–Crippen MR) is 51.7 cm³/mol. The maximum absolute atomic E-state index is 9.22. The molecule has 0 radical (unpaired) electrons. The van der Waals surface area contributed by atoms with E-state index in [0.29, 0.717) is 0 Å². The zero-order valence-corrected chi connectivity index (χ0v) is 9.83. The lowest BCUT2D eigenvalue weighted by molar-refractivity contribution is -0.470. The summed E-state index contributed by atoms with van der Waals surface area (Å²) in [5.41, 5.74) is 5.53. The van der Waals surface area contributed by atoms with Gasteiger partial charge in [-0.15, -0.1) is 0 Å². The van der Waals surface area contributed by atoms with Gasteiger partial charge in [-0.25, -0.2) is 8.42 Å². The molecule has 0 aliphatic carbocycles. The minimum Gasteiger partial charge on any atom is -0.726 e. The number of rotatable bonds is 1. The van der Waals surface area contributed by atoms with Gasteiger partial charge in [0.15, 0.2) is 0 Å². The lowest BCUT2D eigenvalue weighted by atomic mass is 10.8. The van der Waals surface area contributed by atoms with Gasteiger partial charge in [-0.1, -0.05) is 0 Å². The molecule has 0 aliphatic heterocycles. The summed E-state index contributed by atoms with van der Waals surface area (Å²) >= 11 is 0. The van der Waals surface area contributed by atoms with Crippen LogP contribution in [-0.4, -0.2) is 63.7 Å². The second kappa shape index (κ2) is 6.57. The Kier molecular flexibility index (Phi) is 7.33. The molecule has 0 rings (SSSR count). The van der Waals surface area contributed by atoms with Crippen LogP contribution in [0, 0.1) is 0 Å². The van der Waals surface area contributed by atoms with Crippen LogP contribution in [0.4, 0.5) is 0 Å². The second-order valence-electron chi connectivity index (χ2n) is 2.72. The van der Waals surface area contributed by atoms with Crippen molar-refractivity contribution >= 4 is 16.4 Å². The fourth-order valence-corrected chi connectivity index (χ4v) is 0.400. The fraction of sp³-hybridized carbons (Fsp3) is 0.833. The molecule has 0 aromatic rings. The van der Waals surface area contributed by atoms with E-state index in [1.54, 1.807) is 0 Å². The lowest BCUT2D eigenvalue weighted by Crippen LogP contribution is -2.36. The summed E-state index contributed by atoms with van der Waals surface area (Å²) in [4.78, 5) is 1.86. The van der Waals surface area contributed by atoms with Crippen molar-refractivity contribution in [1.82, 2.24) is 4.90 Å². The van der Waals surface area contributed by atoms with E-state index in [4.69, 9.17) is 5.73 Å². The summed E-state index contributed by atoms with van der Waals surface area (Å²) in [6.07, 6.45) is 0. The van der Waals surface area contributed by atoms with Gasteiger partial charge in [0, 0.05) is 0 Å². The van der Waals surface area contributed by atoms with Crippen LogP contribution in [0.5, 0.6) is 0 Å². The smallest absolute Gasteiger partial charge is 0.344 e. The molecule has 0 unspecified atom stereocenters. The zero-order valence-electron chi connectivity index (χ0n) is 9.01. The molecule has 0 saturated heterocycles. The van der Waals surface area contributed by atoms with E-state index < -0.39 is 10.4 Å². The van der Waals surface area contributed by atoms with E-state index in [0.717, 1.165) is 13.1 Å². The molecule has 0 bridgehead atoms. The quantitative estimate of drug-likeness (QED) is 0.187. The average Bonchev–Trinajstić information content (AvgIpc) is 2.02. The summed E-state index contributed by atoms with van der Waals surface area (Å²) < 4.78 is 32.9. The van der Waals surface area contributed by atoms with E-state index in [-0.39, 0.29) is 0 Å². The first kappa shape index (κ1) is 15.6. The molecule has 7 nitrogen and oxygen atoms in total. The maximum atomic E-state index is 9.22. The van der Waals surface area contributed by atoms with Gasteiger partial charge in [-0.05, 0) is 0 Å². The molecule has 14 heavy (non-hydrogen) atoms. The Morgan fingerprint density at radius 1 is 1.43 bits per heavy atom. The molecule has 86 valence electrons. The Morgan fingerprint density at radius 2 is 1.71 bits per heavy atom. The van der Waals surface area contributed by atoms with Gasteiger partial charge in [-0.3, -0.25) is 19.4 Å². The number of nitrogens with zero attached hydrogens (tertiary/aromatic N) is 2. The van der Waals surface area contributed by atoms with Crippen LogP contribution in [-0.2, 0) is 14.6 Å². The molecular formula is C6H17N3O4S. The van der Waals surface area contributed by atoms with Crippen molar-refractivity contribution in [1.29, 1.82) is 0 Å². The molecular weight excluding hydrogens is 210 g/mol. The first-order valence-electron chi connectivity index (χ1n) is 3.60. The third kappa shape index (κ3) is 11.1. The highest BCUT2D eigenvalue weighted by Crippen LogP contribution is 1.74. The summed E-state index contributed by atoms with van der Waals surface area (Å²) in [6.45, 7) is 0. The van der Waals surface area contributed by atoms with E-state index >= 15 is 0 Å². The van der Waals surface area contributed by atoms with E-state index in [1.165, 1.54) is 0 Å². The van der Waals surface area contributed by atoms with Gasteiger partial charge in [-0.2, -0.15) is 0 Å². The van der Waals surface area contributed by atoms with Gasteiger partial charge in [0.1, 0.15) is 0 Å². The molecule has 0 aromatic carbocycles. The maximum Gasteiger partial charge on any atom is 0.344 e. The van der Waals surface area contributed by atoms with Crippen LogP contribution >= 0.6 is 0 Å². The monoisotopic (exact) mass is 227 g/mol. The molecule has 0 fully saturated rings. The first-order chi connectivity index (χ1) is 6.11. The first-order valence-corrected chi connectivity index (χ1v) is 4.93. The minimum atomic E-state index is -4.41. The summed E-state index contributed by atoms with van der Waals surface area (Å²) in [5, 5.41) is 0. The van der Waals surface area contributed by atoms with Crippen molar-refractivity contribution in [2.75, 3.05) is 35.3 Å². The highest BCUT2D eigenvalue weighted by atomic mass is 32.3. The molecule has 2 N–H and O–H groups in total. The third-order valence-corrected chi connectivity index (χ3v) is 1.53. The summed E-state index contributed by atoms with van der Waals surface area (Å²) in [7, 11) is 4.04. The van der Waals surface area contributed by atoms with Crippen LogP contribution in [0.3, 0.4) is 0 Å². The van der Waals surface area contributed by atoms with E-state index in [9.17, 15) is 13.0 Å². The lowest BCUT2D eigenvalue weighted by Gasteiger charge is -2.04. The number of nitrogens with two attached hydrogens (primary N) is 1. The van der Waals surface area contributed by atoms with Crippen LogP contribution < -0.4 is 5.73 Å². The standard InChI is InChI=1S/C5H13N3.CH4O4S/c1-7(2)5(6)8(3)4;1-5-6(2,3)4/h6H,1-4H3;1H3,(H,2,3,4). The van der Waals surface area contributed by atoms with Crippen molar-refractivity contribution in [2.24, 2.45) is 5.73 Å². The van der Waals surface area contributed by atoms with Gasteiger partial charge >= 0.3 is 5.96 Å². The Bertz CT molecular complexity index is 279. The van der Waals surface area contributed by atoms with Crippen LogP contribution in [0.2, 0.25) is 0 Å². The Labute approximate surface area is 84.7 Å². The number of guanidine groups is 1. The number of hydrogen-bond donors (Lipinski definition) is 1. The molecule has 0 aliphatic rings. The molecule has 0 amide bonds. The Hall–Kier alpha value is -0.860. The Balaban J connectivity index is 0. The molecule has 0 aromatic heterocycles. The van der Waals surface area contributed by atoms with Crippen LogP contribution in [0.15, 0.2) is 0 Å². The molecule has 0 spiro atoms. The van der Waals surface area contributed by atoms with Crippen LogP contribution in [0.25, 0.3) is 0 Å². The number of hydrogen-bond acceptors (Lipinski definition) is 4. The minimum absolute atomic E-state index is 0.769. The third-order valence-electron chi connectivity index (χ3n) is 1.12. The van der Waals surface area contributed by atoms with Gasteiger partial charge < -0.3 is 4.55 Å². The fourth-order valence-electron chi connectivity index (χ4n) is 0.400. The zero-order chi connectivity index (χ0) is 11.9. The topological polar surface area (TPSA) is 98.7 Å². The molecule has 8 heteroatoms. The van der Waals surface area contributed by atoms with Crippen molar-refractivity contribution in [3.63, 3.8) is 0 Å². The van der Waals surface area contributed by atoms with Crippen molar-refractivity contribution in [2.45, 2.75) is 0 Å². The SMILES string of the molecule is CN(C)C(N)=[N+](C)C.COS(=O)(=O)[O-]. The van der Waals surface area contributed by atoms with Crippen molar-refractivity contribution in [3.05, 3.63) is 0 Å². The van der Waals surface area contributed by atoms with Crippen molar-refractivity contribution in [3.8, 4) is 0 Å². The molecule has 0 heterocycles. The van der Waals surface area contributed by atoms with Gasteiger partial charge in [0.05, 0.1) is 35.3 Å².